The number of imide groups is 1. The van der Waals surface area contributed by atoms with Crippen molar-refractivity contribution in [1.29, 1.82) is 0 Å². The van der Waals surface area contributed by atoms with Crippen molar-refractivity contribution in [2.24, 2.45) is 0 Å². The number of fused-ring (bicyclic) bond motifs is 5. The van der Waals surface area contributed by atoms with Gasteiger partial charge in [0.2, 0.25) is 0 Å². The molecule has 0 unspecified atom stereocenters. The third-order valence-electron chi connectivity index (χ3n) is 5.08. The maximum absolute atomic E-state index is 13.2. The lowest BCUT2D eigenvalue weighted by molar-refractivity contribution is 0.00252. The highest BCUT2D eigenvalue weighted by Gasteiger charge is 2.46. The lowest BCUT2D eigenvalue weighted by Crippen LogP contribution is -2.55. The summed E-state index contributed by atoms with van der Waals surface area (Å²) in [5, 5.41) is 0.828. The van der Waals surface area contributed by atoms with Gasteiger partial charge in [0.25, 0.3) is 5.91 Å². The van der Waals surface area contributed by atoms with E-state index in [0.717, 1.165) is 36.7 Å². The lowest BCUT2D eigenvalue weighted by atomic mass is 9.87. The molecule has 4 rings (SSSR count). The molecule has 2 aromatic rings. The van der Waals surface area contributed by atoms with Gasteiger partial charge < -0.3 is 9.30 Å². The molecule has 0 saturated heterocycles. The number of nitrogens with zero attached hydrogens (tertiary/aromatic N) is 4. The Balaban J connectivity index is 1.85. The molecule has 0 aromatic carbocycles. The third-order valence-corrected chi connectivity index (χ3v) is 5.08. The smallest absolute Gasteiger partial charge is 0.417 e. The number of aromatic nitrogens is 3. The molecular weight excluding hydrogens is 332 g/mol. The van der Waals surface area contributed by atoms with Gasteiger partial charge in [0, 0.05) is 11.6 Å². The molecule has 1 fully saturated rings. The number of rotatable bonds is 0. The minimum atomic E-state index is -0.645. The van der Waals surface area contributed by atoms with E-state index in [9.17, 15) is 9.59 Å². The van der Waals surface area contributed by atoms with E-state index in [1.165, 1.54) is 4.90 Å². The van der Waals surface area contributed by atoms with Crippen molar-refractivity contribution in [3.63, 3.8) is 0 Å². The molecule has 2 atom stereocenters. The van der Waals surface area contributed by atoms with Crippen LogP contribution in [0.25, 0.3) is 11.0 Å². The fourth-order valence-electron chi connectivity index (χ4n) is 4.09. The van der Waals surface area contributed by atoms with Crippen molar-refractivity contribution in [2.45, 2.75) is 71.1 Å². The molecule has 1 aliphatic carbocycles. The van der Waals surface area contributed by atoms with Gasteiger partial charge in [-0.1, -0.05) is 12.8 Å². The Morgan fingerprint density at radius 3 is 2.62 bits per heavy atom. The van der Waals surface area contributed by atoms with Crippen LogP contribution in [-0.4, -0.2) is 43.1 Å². The van der Waals surface area contributed by atoms with Gasteiger partial charge in [-0.25, -0.2) is 19.7 Å². The predicted molar refractivity (Wildman–Crippen MR) is 96.0 cm³/mol. The second-order valence-electron chi connectivity index (χ2n) is 8.17. The van der Waals surface area contributed by atoms with E-state index in [0.29, 0.717) is 11.5 Å². The Morgan fingerprint density at radius 2 is 1.92 bits per heavy atom. The van der Waals surface area contributed by atoms with Crippen LogP contribution in [0.1, 0.15) is 68.8 Å². The highest BCUT2D eigenvalue weighted by atomic mass is 16.6. The zero-order valence-corrected chi connectivity index (χ0v) is 15.7. The second kappa shape index (κ2) is 5.79. The topological polar surface area (TPSA) is 77.3 Å². The van der Waals surface area contributed by atoms with Crippen LogP contribution in [0.15, 0.2) is 12.3 Å². The van der Waals surface area contributed by atoms with Crippen LogP contribution in [0.5, 0.6) is 0 Å². The molecule has 2 aromatic heterocycles. The minimum Gasteiger partial charge on any atom is -0.443 e. The Kier molecular flexibility index (Phi) is 3.78. The first kappa shape index (κ1) is 17.0. The SMILES string of the molecule is Cc1ncc2cc3n(c2n1)[C@@H]1CCCC[C@H]1N(C(=O)OC(C)(C)C)C3=O. The van der Waals surface area contributed by atoms with Crippen molar-refractivity contribution < 1.29 is 14.3 Å². The number of carbonyl (C=O) groups is 2. The standard InChI is InChI=1S/C19H24N4O3/c1-11-20-10-12-9-15-17(24)23(18(25)26-19(2,3)4)14-8-6-5-7-13(14)22(15)16(12)21-11/h9-10,13-14H,5-8H2,1-4H3/t13-,14-/m1/s1. The van der Waals surface area contributed by atoms with Crippen molar-refractivity contribution in [2.75, 3.05) is 0 Å². The van der Waals surface area contributed by atoms with E-state index in [1.54, 1.807) is 12.3 Å². The van der Waals surface area contributed by atoms with Crippen LogP contribution in [0.3, 0.4) is 0 Å². The molecule has 138 valence electrons. The molecule has 26 heavy (non-hydrogen) atoms. The average molecular weight is 356 g/mol. The van der Waals surface area contributed by atoms with Crippen molar-refractivity contribution in [1.82, 2.24) is 19.4 Å². The highest BCUT2D eigenvalue weighted by molar-refractivity contribution is 6.06. The van der Waals surface area contributed by atoms with Gasteiger partial charge in [0.15, 0.2) is 0 Å². The van der Waals surface area contributed by atoms with Gasteiger partial charge >= 0.3 is 6.09 Å². The molecule has 0 N–H and O–H groups in total. The van der Waals surface area contributed by atoms with Gasteiger partial charge in [0.1, 0.15) is 22.8 Å². The Bertz CT molecular complexity index is 896. The molecule has 7 heteroatoms. The molecular formula is C19H24N4O3. The van der Waals surface area contributed by atoms with Crippen LogP contribution in [0.4, 0.5) is 4.79 Å². The number of hydrogen-bond donors (Lipinski definition) is 0. The summed E-state index contributed by atoms with van der Waals surface area (Å²) >= 11 is 0. The average Bonchev–Trinajstić information content (AvgIpc) is 2.93. The van der Waals surface area contributed by atoms with Crippen LogP contribution in [0.2, 0.25) is 0 Å². The number of carbonyl (C=O) groups excluding carboxylic acids is 2. The van der Waals surface area contributed by atoms with Gasteiger partial charge in [-0.3, -0.25) is 4.79 Å². The van der Waals surface area contributed by atoms with Crippen LogP contribution >= 0.6 is 0 Å². The molecule has 3 heterocycles. The van der Waals surface area contributed by atoms with Gasteiger partial charge in [-0.05, 0) is 46.6 Å². The fourth-order valence-corrected chi connectivity index (χ4v) is 4.09. The normalized spacial score (nSPS) is 22.9. The molecule has 2 amide bonds. The summed E-state index contributed by atoms with van der Waals surface area (Å²) in [5.41, 5.74) is 0.629. The van der Waals surface area contributed by atoms with Crippen molar-refractivity contribution in [3.8, 4) is 0 Å². The van der Waals surface area contributed by atoms with E-state index in [2.05, 4.69) is 9.97 Å². The summed E-state index contributed by atoms with van der Waals surface area (Å²) in [6, 6.07) is 1.64. The quantitative estimate of drug-likeness (QED) is 0.720. The van der Waals surface area contributed by atoms with Gasteiger partial charge in [-0.2, -0.15) is 0 Å². The van der Waals surface area contributed by atoms with E-state index in [4.69, 9.17) is 4.74 Å². The lowest BCUT2D eigenvalue weighted by Gasteiger charge is -2.43. The molecule has 0 radical (unpaired) electrons. The first-order valence-corrected chi connectivity index (χ1v) is 9.17. The first-order chi connectivity index (χ1) is 12.3. The van der Waals surface area contributed by atoms with E-state index in [-0.39, 0.29) is 18.0 Å². The van der Waals surface area contributed by atoms with Crippen LogP contribution in [0, 0.1) is 6.92 Å². The van der Waals surface area contributed by atoms with Crippen LogP contribution < -0.4 is 0 Å². The van der Waals surface area contributed by atoms with Crippen molar-refractivity contribution >= 4 is 23.0 Å². The maximum atomic E-state index is 13.2. The summed E-state index contributed by atoms with van der Waals surface area (Å²) < 4.78 is 7.56. The zero-order valence-electron chi connectivity index (χ0n) is 15.7. The largest absolute Gasteiger partial charge is 0.443 e. The zero-order chi connectivity index (χ0) is 18.6. The minimum absolute atomic E-state index is 0.0377. The summed E-state index contributed by atoms with van der Waals surface area (Å²) in [7, 11) is 0. The molecule has 2 aliphatic rings. The van der Waals surface area contributed by atoms with E-state index in [1.807, 2.05) is 32.3 Å². The van der Waals surface area contributed by atoms with E-state index >= 15 is 0 Å². The summed E-state index contributed by atoms with van der Waals surface area (Å²) in [5.74, 6) is 0.367. The summed E-state index contributed by atoms with van der Waals surface area (Å²) in [6.07, 6.45) is 4.96. The second-order valence-corrected chi connectivity index (χ2v) is 8.17. The Morgan fingerprint density at radius 1 is 1.23 bits per heavy atom. The van der Waals surface area contributed by atoms with Gasteiger partial charge in [-0.15, -0.1) is 0 Å². The number of aryl methyl sites for hydroxylation is 1. The maximum Gasteiger partial charge on any atom is 0.417 e. The van der Waals surface area contributed by atoms with E-state index < -0.39 is 11.7 Å². The predicted octanol–water partition coefficient (Wildman–Crippen LogP) is 3.61. The summed E-state index contributed by atoms with van der Waals surface area (Å²) in [6.45, 7) is 7.28. The first-order valence-electron chi connectivity index (χ1n) is 9.17. The number of amides is 2. The number of ether oxygens (including phenoxy) is 1. The monoisotopic (exact) mass is 356 g/mol. The Hall–Kier alpha value is -2.44. The molecule has 1 aliphatic heterocycles. The number of hydrogen-bond acceptors (Lipinski definition) is 5. The molecule has 1 saturated carbocycles. The fraction of sp³-hybridized carbons (Fsp3) is 0.579. The highest BCUT2D eigenvalue weighted by Crippen LogP contribution is 2.40. The molecule has 0 bridgehead atoms. The van der Waals surface area contributed by atoms with Gasteiger partial charge in [0.05, 0.1) is 12.1 Å². The third kappa shape index (κ3) is 2.66. The molecule has 0 spiro atoms. The molecule has 7 nitrogen and oxygen atoms in total. The van der Waals surface area contributed by atoms with Crippen molar-refractivity contribution in [3.05, 3.63) is 23.8 Å². The summed E-state index contributed by atoms with van der Waals surface area (Å²) in [4.78, 5) is 36.2. The Labute approximate surface area is 152 Å². The van der Waals surface area contributed by atoms with Crippen LogP contribution in [-0.2, 0) is 4.74 Å².